The van der Waals surface area contributed by atoms with Crippen molar-refractivity contribution >= 4 is 34.1 Å². The lowest BCUT2D eigenvalue weighted by Crippen LogP contribution is -2.20. The van der Waals surface area contributed by atoms with Gasteiger partial charge in [0.2, 0.25) is 5.91 Å². The maximum absolute atomic E-state index is 12.5. The van der Waals surface area contributed by atoms with Crippen molar-refractivity contribution in [2.45, 2.75) is 20.4 Å². The summed E-state index contributed by atoms with van der Waals surface area (Å²) in [5.74, 6) is 0.500. The molecule has 162 valence electrons. The number of halogens is 1. The Kier molecular flexibility index (Phi) is 6.28. The van der Waals surface area contributed by atoms with Gasteiger partial charge in [-0.15, -0.1) is 0 Å². The van der Waals surface area contributed by atoms with Crippen molar-refractivity contribution in [3.05, 3.63) is 88.9 Å². The van der Waals surface area contributed by atoms with E-state index in [1.54, 1.807) is 31.8 Å². The van der Waals surface area contributed by atoms with E-state index in [1.165, 1.54) is 0 Å². The lowest BCUT2D eigenvalue weighted by atomic mass is 9.96. The van der Waals surface area contributed by atoms with Crippen LogP contribution in [0.4, 0.5) is 0 Å². The van der Waals surface area contributed by atoms with E-state index in [0.29, 0.717) is 17.3 Å². The van der Waals surface area contributed by atoms with Crippen LogP contribution in [0.3, 0.4) is 0 Å². The van der Waals surface area contributed by atoms with E-state index in [2.05, 4.69) is 10.3 Å². The maximum Gasteiger partial charge on any atom is 0.244 e. The number of furan rings is 1. The molecule has 6 heteroatoms. The van der Waals surface area contributed by atoms with Gasteiger partial charge in [0, 0.05) is 52.1 Å². The Hall–Kier alpha value is -3.57. The van der Waals surface area contributed by atoms with Crippen molar-refractivity contribution in [3.8, 4) is 16.9 Å². The normalized spacial score (nSPS) is 11.6. The van der Waals surface area contributed by atoms with E-state index < -0.39 is 0 Å². The Labute approximate surface area is 191 Å². The van der Waals surface area contributed by atoms with Crippen LogP contribution in [0, 0.1) is 6.92 Å². The van der Waals surface area contributed by atoms with Gasteiger partial charge in [0.05, 0.1) is 13.4 Å². The summed E-state index contributed by atoms with van der Waals surface area (Å²) in [6.45, 7) is 4.26. The third kappa shape index (κ3) is 4.39. The first kappa shape index (κ1) is 21.7. The third-order valence-corrected chi connectivity index (χ3v) is 5.62. The molecular formula is C26H23ClN2O3. The van der Waals surface area contributed by atoms with Crippen molar-refractivity contribution in [3.63, 3.8) is 0 Å². The predicted octanol–water partition coefficient (Wildman–Crippen LogP) is 6.18. The molecular weight excluding hydrogens is 424 g/mol. The number of benzene rings is 2. The Morgan fingerprint density at radius 3 is 2.72 bits per heavy atom. The average Bonchev–Trinajstić information content (AvgIpc) is 3.23. The number of aryl methyl sites for hydroxylation is 1. The number of aromatic nitrogens is 1. The Bertz CT molecular complexity index is 1290. The SMILES string of the molecule is COc1c(/C(C)=C/C(=O)NCc2cccnc2)cc2c(-c3ccc(Cl)cc3)coc2c1C. The van der Waals surface area contributed by atoms with Crippen LogP contribution in [0.15, 0.2) is 71.6 Å². The number of fused-ring (bicyclic) bond motifs is 1. The molecule has 0 spiro atoms. The first-order chi connectivity index (χ1) is 15.5. The van der Waals surface area contributed by atoms with E-state index in [1.807, 2.05) is 56.3 Å². The number of ether oxygens (including phenoxy) is 1. The van der Waals surface area contributed by atoms with E-state index in [4.69, 9.17) is 20.8 Å². The fraction of sp³-hybridized carbons (Fsp3) is 0.154. The van der Waals surface area contributed by atoms with Crippen LogP contribution < -0.4 is 10.1 Å². The molecule has 0 bridgehead atoms. The third-order valence-electron chi connectivity index (χ3n) is 5.37. The molecule has 1 N–H and O–H groups in total. The summed E-state index contributed by atoms with van der Waals surface area (Å²) >= 11 is 6.05. The fourth-order valence-corrected chi connectivity index (χ4v) is 3.87. The molecule has 0 saturated heterocycles. The minimum absolute atomic E-state index is 0.184. The highest BCUT2D eigenvalue weighted by atomic mass is 35.5. The minimum Gasteiger partial charge on any atom is -0.496 e. The van der Waals surface area contributed by atoms with E-state index >= 15 is 0 Å². The van der Waals surface area contributed by atoms with Crippen LogP contribution in [0.1, 0.15) is 23.6 Å². The highest BCUT2D eigenvalue weighted by molar-refractivity contribution is 6.30. The molecule has 2 aromatic carbocycles. The van der Waals surface area contributed by atoms with Crippen LogP contribution in [0.25, 0.3) is 27.7 Å². The maximum atomic E-state index is 12.5. The number of nitrogens with zero attached hydrogens (tertiary/aromatic N) is 1. The van der Waals surface area contributed by atoms with Crippen LogP contribution >= 0.6 is 11.6 Å². The molecule has 0 radical (unpaired) electrons. The number of pyridine rings is 1. The number of nitrogens with one attached hydrogen (secondary N) is 1. The van der Waals surface area contributed by atoms with Gasteiger partial charge in [-0.05, 0) is 54.8 Å². The van der Waals surface area contributed by atoms with Crippen LogP contribution in [-0.4, -0.2) is 18.0 Å². The van der Waals surface area contributed by atoms with E-state index in [0.717, 1.165) is 44.4 Å². The van der Waals surface area contributed by atoms with Gasteiger partial charge >= 0.3 is 0 Å². The second kappa shape index (κ2) is 9.28. The first-order valence-corrected chi connectivity index (χ1v) is 10.6. The molecule has 4 rings (SSSR count). The number of hydrogen-bond donors (Lipinski definition) is 1. The van der Waals surface area contributed by atoms with Gasteiger partial charge in [-0.25, -0.2) is 0 Å². The molecule has 4 aromatic rings. The summed E-state index contributed by atoms with van der Waals surface area (Å²) in [5.41, 5.74) is 6.15. The summed E-state index contributed by atoms with van der Waals surface area (Å²) in [6.07, 6.45) is 6.76. The van der Waals surface area contributed by atoms with Gasteiger partial charge in [0.1, 0.15) is 11.3 Å². The standard InChI is InChI=1S/C26H23ClN2O3/c1-16(11-24(30)29-14-18-5-4-10-28-13-18)21-12-22-23(19-6-8-20(27)9-7-19)15-32-26(22)17(2)25(21)31-3/h4-13,15H,14H2,1-3H3,(H,29,30)/b16-11+. The van der Waals surface area contributed by atoms with Crippen LogP contribution in [-0.2, 0) is 11.3 Å². The van der Waals surface area contributed by atoms with Gasteiger partial charge in [0.15, 0.2) is 0 Å². The zero-order chi connectivity index (χ0) is 22.7. The molecule has 1 amide bonds. The molecule has 0 aliphatic rings. The summed E-state index contributed by atoms with van der Waals surface area (Å²) in [6, 6.07) is 13.4. The van der Waals surface area contributed by atoms with Gasteiger partial charge in [0.25, 0.3) is 0 Å². The highest BCUT2D eigenvalue weighted by Crippen LogP contribution is 2.40. The van der Waals surface area contributed by atoms with Crippen molar-refractivity contribution in [1.82, 2.24) is 10.3 Å². The molecule has 0 aliphatic carbocycles. The van der Waals surface area contributed by atoms with Gasteiger partial charge in [-0.1, -0.05) is 29.8 Å². The number of carbonyl (C=O) groups excluding carboxylic acids is 1. The number of hydrogen-bond acceptors (Lipinski definition) is 4. The van der Waals surface area contributed by atoms with Crippen LogP contribution in [0.2, 0.25) is 5.02 Å². The fourth-order valence-electron chi connectivity index (χ4n) is 3.74. The smallest absolute Gasteiger partial charge is 0.244 e. The molecule has 2 heterocycles. The summed E-state index contributed by atoms with van der Waals surface area (Å²) in [4.78, 5) is 16.6. The molecule has 5 nitrogen and oxygen atoms in total. The Balaban J connectivity index is 1.70. The number of allylic oxidation sites excluding steroid dienone is 1. The number of rotatable bonds is 6. The number of methoxy groups -OCH3 is 1. The first-order valence-electron chi connectivity index (χ1n) is 10.2. The second-order valence-electron chi connectivity index (χ2n) is 7.52. The molecule has 2 aromatic heterocycles. The van der Waals surface area contributed by atoms with E-state index in [9.17, 15) is 4.79 Å². The lowest BCUT2D eigenvalue weighted by Gasteiger charge is -2.13. The monoisotopic (exact) mass is 446 g/mol. The molecule has 0 atom stereocenters. The zero-order valence-corrected chi connectivity index (χ0v) is 18.9. The molecule has 0 fully saturated rings. The van der Waals surface area contributed by atoms with Gasteiger partial charge < -0.3 is 14.5 Å². The minimum atomic E-state index is -0.184. The van der Waals surface area contributed by atoms with E-state index in [-0.39, 0.29) is 5.91 Å². The molecule has 32 heavy (non-hydrogen) atoms. The summed E-state index contributed by atoms with van der Waals surface area (Å²) in [5, 5.41) is 4.52. The molecule has 0 unspecified atom stereocenters. The van der Waals surface area contributed by atoms with Gasteiger partial charge in [-0.3, -0.25) is 9.78 Å². The zero-order valence-electron chi connectivity index (χ0n) is 18.1. The molecule has 0 saturated carbocycles. The molecule has 0 aliphatic heterocycles. The summed E-state index contributed by atoms with van der Waals surface area (Å²) < 4.78 is 11.6. The topological polar surface area (TPSA) is 64.4 Å². The van der Waals surface area contributed by atoms with Crippen molar-refractivity contribution in [1.29, 1.82) is 0 Å². The predicted molar refractivity (Wildman–Crippen MR) is 128 cm³/mol. The quantitative estimate of drug-likeness (QED) is 0.359. The average molecular weight is 447 g/mol. The van der Waals surface area contributed by atoms with Crippen molar-refractivity contribution in [2.75, 3.05) is 7.11 Å². The lowest BCUT2D eigenvalue weighted by molar-refractivity contribution is -0.116. The number of amides is 1. The largest absolute Gasteiger partial charge is 0.496 e. The van der Waals surface area contributed by atoms with Gasteiger partial charge in [-0.2, -0.15) is 0 Å². The van der Waals surface area contributed by atoms with Crippen LogP contribution in [0.5, 0.6) is 5.75 Å². The Morgan fingerprint density at radius 2 is 2.03 bits per heavy atom. The van der Waals surface area contributed by atoms with Crippen molar-refractivity contribution in [2.24, 2.45) is 0 Å². The highest BCUT2D eigenvalue weighted by Gasteiger charge is 2.18. The Morgan fingerprint density at radius 1 is 1.25 bits per heavy atom. The second-order valence-corrected chi connectivity index (χ2v) is 7.96. The number of carbonyl (C=O) groups is 1. The van der Waals surface area contributed by atoms with Crippen molar-refractivity contribution < 1.29 is 13.9 Å². The summed E-state index contributed by atoms with van der Waals surface area (Å²) in [7, 11) is 1.62.